The Morgan fingerprint density at radius 3 is 2.83 bits per heavy atom. The molecule has 1 aromatic heterocycles. The second-order valence-corrected chi connectivity index (χ2v) is 8.01. The van der Waals surface area contributed by atoms with E-state index in [4.69, 9.17) is 5.26 Å². The minimum absolute atomic E-state index is 0.125. The molecule has 0 bridgehead atoms. The van der Waals surface area contributed by atoms with E-state index in [1.165, 1.54) is 0 Å². The van der Waals surface area contributed by atoms with Crippen molar-refractivity contribution in [1.29, 1.82) is 5.26 Å². The highest BCUT2D eigenvalue weighted by molar-refractivity contribution is 9.10. The van der Waals surface area contributed by atoms with Crippen LogP contribution in [0.15, 0.2) is 22.7 Å². The number of rotatable bonds is 7. The van der Waals surface area contributed by atoms with Crippen molar-refractivity contribution in [3.63, 3.8) is 0 Å². The molecule has 1 aliphatic heterocycles. The van der Waals surface area contributed by atoms with Gasteiger partial charge in [-0.2, -0.15) is 5.26 Å². The van der Waals surface area contributed by atoms with Crippen LogP contribution in [0, 0.1) is 25.2 Å². The molecule has 1 aromatic carbocycles. The Bertz CT molecular complexity index is 1030. The van der Waals surface area contributed by atoms with Gasteiger partial charge in [0.25, 0.3) is 11.8 Å². The van der Waals surface area contributed by atoms with Crippen molar-refractivity contribution in [2.45, 2.75) is 39.5 Å². The summed E-state index contributed by atoms with van der Waals surface area (Å²) in [6.45, 7) is 4.32. The molecule has 0 radical (unpaired) electrons. The van der Waals surface area contributed by atoms with Crippen molar-refractivity contribution < 1.29 is 9.59 Å². The van der Waals surface area contributed by atoms with Gasteiger partial charge >= 0.3 is 0 Å². The number of benzene rings is 1. The molecule has 0 aliphatic carbocycles. The van der Waals surface area contributed by atoms with E-state index in [2.05, 4.69) is 37.6 Å². The molecule has 2 aromatic rings. The van der Waals surface area contributed by atoms with Gasteiger partial charge in [0.2, 0.25) is 0 Å². The number of aryl methyl sites for hydroxylation is 1. The van der Waals surface area contributed by atoms with Crippen molar-refractivity contribution >= 4 is 45.1 Å². The lowest BCUT2D eigenvalue weighted by molar-refractivity contribution is -0.110. The molecule has 3 rings (SSSR count). The third-order valence-electron chi connectivity index (χ3n) is 5.01. The van der Waals surface area contributed by atoms with Gasteiger partial charge in [-0.15, -0.1) is 0 Å². The van der Waals surface area contributed by atoms with Gasteiger partial charge in [-0.25, -0.2) is 0 Å². The minimum atomic E-state index is -0.159. The van der Waals surface area contributed by atoms with Crippen LogP contribution in [0.4, 0.5) is 5.69 Å². The number of nitrogens with one attached hydrogen (secondary N) is 3. The third-order valence-corrected chi connectivity index (χ3v) is 5.50. The largest absolute Gasteiger partial charge is 0.358 e. The summed E-state index contributed by atoms with van der Waals surface area (Å²) in [5, 5.41) is 14.4. The summed E-state index contributed by atoms with van der Waals surface area (Å²) in [5.74, 6) is -0.284. The quantitative estimate of drug-likeness (QED) is 0.417. The normalized spacial score (nSPS) is 13.9. The van der Waals surface area contributed by atoms with Crippen LogP contribution in [0.2, 0.25) is 0 Å². The number of fused-ring (bicyclic) bond motifs is 1. The fraction of sp³-hybridized carbons (Fsp3) is 0.318. The molecule has 0 unspecified atom stereocenters. The maximum Gasteiger partial charge on any atom is 0.256 e. The summed E-state index contributed by atoms with van der Waals surface area (Å²) >= 11 is 3.45. The Morgan fingerprint density at radius 2 is 2.07 bits per heavy atom. The van der Waals surface area contributed by atoms with Gasteiger partial charge in [0.15, 0.2) is 0 Å². The lowest BCUT2D eigenvalue weighted by Gasteiger charge is -2.06. The van der Waals surface area contributed by atoms with E-state index in [9.17, 15) is 9.59 Å². The van der Waals surface area contributed by atoms with Crippen molar-refractivity contribution in [2.24, 2.45) is 0 Å². The zero-order chi connectivity index (χ0) is 21.0. The highest BCUT2D eigenvalue weighted by Gasteiger charge is 2.25. The van der Waals surface area contributed by atoms with Gasteiger partial charge in [-0.05, 0) is 56.5 Å². The lowest BCUT2D eigenvalue weighted by Crippen LogP contribution is -2.25. The predicted octanol–water partition coefficient (Wildman–Crippen LogP) is 4.70. The molecule has 29 heavy (non-hydrogen) atoms. The molecule has 2 amide bonds. The third kappa shape index (κ3) is 4.60. The molecule has 150 valence electrons. The standard InChI is InChI=1S/C22H23BrN4O2/c1-13-19(12-17-16-11-15(23)7-8-18(16)27-21(17)28)26-14(2)20(13)22(29)25-10-6-4-3-5-9-24/h7-8,11-12,26H,3-6,10H2,1-2H3,(H,25,29)(H,27,28)/b17-12-. The van der Waals surface area contributed by atoms with Crippen molar-refractivity contribution in [3.8, 4) is 6.07 Å². The molecule has 0 saturated carbocycles. The molecule has 0 atom stereocenters. The van der Waals surface area contributed by atoms with Crippen LogP contribution in [0.3, 0.4) is 0 Å². The molecule has 0 saturated heterocycles. The average Bonchev–Trinajstić information content (AvgIpc) is 3.14. The maximum atomic E-state index is 12.6. The van der Waals surface area contributed by atoms with E-state index in [-0.39, 0.29) is 11.8 Å². The van der Waals surface area contributed by atoms with Crippen LogP contribution < -0.4 is 10.6 Å². The molecule has 0 spiro atoms. The lowest BCUT2D eigenvalue weighted by atomic mass is 10.0. The summed E-state index contributed by atoms with van der Waals surface area (Å²) in [7, 11) is 0. The molecule has 2 heterocycles. The fourth-order valence-electron chi connectivity index (χ4n) is 3.50. The second kappa shape index (κ2) is 9.10. The van der Waals surface area contributed by atoms with E-state index < -0.39 is 0 Å². The van der Waals surface area contributed by atoms with Crippen LogP contribution in [0.25, 0.3) is 11.6 Å². The summed E-state index contributed by atoms with van der Waals surface area (Å²) < 4.78 is 0.896. The van der Waals surface area contributed by atoms with Crippen LogP contribution in [-0.2, 0) is 4.79 Å². The van der Waals surface area contributed by atoms with Gasteiger partial charge in [0.05, 0.1) is 17.2 Å². The summed E-state index contributed by atoms with van der Waals surface area (Å²) in [4.78, 5) is 28.3. The Kier molecular flexibility index (Phi) is 6.55. The average molecular weight is 455 g/mol. The predicted molar refractivity (Wildman–Crippen MR) is 117 cm³/mol. The Balaban J connectivity index is 1.78. The monoisotopic (exact) mass is 454 g/mol. The summed E-state index contributed by atoms with van der Waals surface area (Å²) in [5.41, 5.74) is 5.12. The number of anilines is 1. The second-order valence-electron chi connectivity index (χ2n) is 7.09. The van der Waals surface area contributed by atoms with Crippen LogP contribution in [0.5, 0.6) is 0 Å². The molecule has 6 nitrogen and oxygen atoms in total. The van der Waals surface area contributed by atoms with Gasteiger partial charge in [0.1, 0.15) is 0 Å². The van der Waals surface area contributed by atoms with Crippen LogP contribution in [-0.4, -0.2) is 23.3 Å². The number of aromatic nitrogens is 1. The van der Waals surface area contributed by atoms with E-state index in [0.29, 0.717) is 24.1 Å². The number of hydrogen-bond acceptors (Lipinski definition) is 3. The highest BCUT2D eigenvalue weighted by Crippen LogP contribution is 2.35. The van der Waals surface area contributed by atoms with Crippen molar-refractivity contribution in [3.05, 3.63) is 50.8 Å². The van der Waals surface area contributed by atoms with Gasteiger partial charge in [-0.3, -0.25) is 9.59 Å². The number of nitrogens with zero attached hydrogens (tertiary/aromatic N) is 1. The van der Waals surface area contributed by atoms with Crippen LogP contribution >= 0.6 is 15.9 Å². The molecule has 0 fully saturated rings. The number of aromatic amines is 1. The number of H-pyrrole nitrogens is 1. The van der Waals surface area contributed by atoms with Crippen molar-refractivity contribution in [1.82, 2.24) is 10.3 Å². The Morgan fingerprint density at radius 1 is 1.28 bits per heavy atom. The van der Waals surface area contributed by atoms with Crippen LogP contribution in [0.1, 0.15) is 58.6 Å². The van der Waals surface area contributed by atoms with E-state index in [1.807, 2.05) is 32.0 Å². The SMILES string of the molecule is Cc1[nH]c(/C=C2\C(=O)Nc3ccc(Br)cc32)c(C)c1C(=O)NCCCCCC#N. The molecule has 1 aliphatic rings. The zero-order valence-corrected chi connectivity index (χ0v) is 18.1. The highest BCUT2D eigenvalue weighted by atomic mass is 79.9. The van der Waals surface area contributed by atoms with Gasteiger partial charge in [-0.1, -0.05) is 22.4 Å². The Hall–Kier alpha value is -2.85. The first-order chi connectivity index (χ1) is 13.9. The number of halogens is 1. The molecular weight excluding hydrogens is 432 g/mol. The van der Waals surface area contributed by atoms with E-state index in [1.54, 1.807) is 6.08 Å². The maximum absolute atomic E-state index is 12.6. The molecule has 7 heteroatoms. The number of nitriles is 1. The van der Waals surface area contributed by atoms with Gasteiger partial charge in [0, 0.05) is 40.1 Å². The Labute approximate surface area is 178 Å². The first-order valence-corrected chi connectivity index (χ1v) is 10.4. The first-order valence-electron chi connectivity index (χ1n) is 9.59. The number of carbonyl (C=O) groups is 2. The fourth-order valence-corrected chi connectivity index (χ4v) is 3.86. The minimum Gasteiger partial charge on any atom is -0.358 e. The summed E-state index contributed by atoms with van der Waals surface area (Å²) in [6, 6.07) is 7.78. The number of carbonyl (C=O) groups excluding carboxylic acids is 2. The topological polar surface area (TPSA) is 97.8 Å². The van der Waals surface area contributed by atoms with Gasteiger partial charge < -0.3 is 15.6 Å². The molecular formula is C22H23BrN4O2. The van der Waals surface area contributed by atoms with Crippen molar-refractivity contribution in [2.75, 3.05) is 11.9 Å². The molecule has 3 N–H and O–H groups in total. The number of hydrogen-bond donors (Lipinski definition) is 3. The van der Waals surface area contributed by atoms with E-state index in [0.717, 1.165) is 51.9 Å². The number of amides is 2. The summed E-state index contributed by atoms with van der Waals surface area (Å²) in [6.07, 6.45) is 4.97. The zero-order valence-electron chi connectivity index (χ0n) is 16.5. The first kappa shape index (κ1) is 20.9. The van der Waals surface area contributed by atoms with E-state index >= 15 is 0 Å². The smallest absolute Gasteiger partial charge is 0.256 e. The number of unbranched alkanes of at least 4 members (excludes halogenated alkanes) is 3.